The van der Waals surface area contributed by atoms with Crippen molar-refractivity contribution < 1.29 is 9.50 Å². The summed E-state index contributed by atoms with van der Waals surface area (Å²) in [6.07, 6.45) is 8.47. The minimum absolute atomic E-state index is 0.255. The summed E-state index contributed by atoms with van der Waals surface area (Å²) >= 11 is 0. The summed E-state index contributed by atoms with van der Waals surface area (Å²) in [4.78, 5) is 3.80. The van der Waals surface area contributed by atoms with E-state index in [4.69, 9.17) is 0 Å². The molecular weight excluding hydrogens is 229 g/mol. The number of halogens is 1. The third-order valence-corrected chi connectivity index (χ3v) is 5.59. The zero-order valence-corrected chi connectivity index (χ0v) is 10.3. The first-order valence-electron chi connectivity index (χ1n) is 7.00. The van der Waals surface area contributed by atoms with E-state index in [1.165, 1.54) is 12.6 Å². The highest BCUT2D eigenvalue weighted by Crippen LogP contribution is 2.61. The number of pyridine rings is 1. The Morgan fingerprint density at radius 1 is 1.11 bits per heavy atom. The smallest absolute Gasteiger partial charge is 0.147 e. The van der Waals surface area contributed by atoms with E-state index in [1.807, 2.05) is 0 Å². The largest absolute Gasteiger partial charge is 0.384 e. The summed E-state index contributed by atoms with van der Waals surface area (Å²) in [5, 5.41) is 11.2. The highest BCUT2D eigenvalue weighted by molar-refractivity contribution is 5.27. The molecule has 1 aromatic rings. The molecule has 1 heterocycles. The summed E-state index contributed by atoms with van der Waals surface area (Å²) in [7, 11) is 0. The molecule has 0 atom stereocenters. The molecule has 4 bridgehead atoms. The van der Waals surface area contributed by atoms with Crippen LogP contribution in [0.3, 0.4) is 0 Å². The van der Waals surface area contributed by atoms with Gasteiger partial charge in [0.05, 0.1) is 11.8 Å². The van der Waals surface area contributed by atoms with Gasteiger partial charge >= 0.3 is 0 Å². The molecule has 0 unspecified atom stereocenters. The molecule has 1 N–H and O–H groups in total. The summed E-state index contributed by atoms with van der Waals surface area (Å²) in [6.45, 7) is 0. The molecule has 0 amide bonds. The van der Waals surface area contributed by atoms with E-state index >= 15 is 0 Å². The first-order chi connectivity index (χ1) is 8.68. The van der Waals surface area contributed by atoms with Crippen molar-refractivity contribution in [2.45, 2.75) is 37.7 Å². The van der Waals surface area contributed by atoms with Gasteiger partial charge in [-0.15, -0.1) is 0 Å². The van der Waals surface area contributed by atoms with E-state index in [9.17, 15) is 9.50 Å². The van der Waals surface area contributed by atoms with Crippen LogP contribution in [0.25, 0.3) is 0 Å². The van der Waals surface area contributed by atoms with Gasteiger partial charge in [0.15, 0.2) is 0 Å². The second kappa shape index (κ2) is 3.53. The van der Waals surface area contributed by atoms with Gasteiger partial charge in [-0.05, 0) is 61.8 Å². The molecule has 2 nitrogen and oxygen atoms in total. The molecule has 4 aliphatic rings. The lowest BCUT2D eigenvalue weighted by Gasteiger charge is -2.59. The van der Waals surface area contributed by atoms with Crippen LogP contribution in [0.2, 0.25) is 0 Å². The van der Waals surface area contributed by atoms with Gasteiger partial charge in [-0.1, -0.05) is 0 Å². The van der Waals surface area contributed by atoms with E-state index in [0.29, 0.717) is 5.56 Å². The minimum Gasteiger partial charge on any atom is -0.384 e. The normalized spacial score (nSPS) is 45.4. The maximum Gasteiger partial charge on any atom is 0.147 e. The second-order valence-corrected chi connectivity index (χ2v) is 6.49. The van der Waals surface area contributed by atoms with Crippen molar-refractivity contribution in [3.05, 3.63) is 29.8 Å². The first kappa shape index (κ1) is 10.9. The number of hydrogen-bond acceptors (Lipinski definition) is 2. The number of aromatic nitrogens is 1. The fourth-order valence-electron chi connectivity index (χ4n) is 5.04. The standard InChI is InChI=1S/C15H18FNO/c16-14-8-17-2-1-13(14)15(18)11-4-9-3-10(6-11)7-12(15)5-9/h1-2,8-12,18H,3-7H2. The lowest BCUT2D eigenvalue weighted by molar-refractivity contribution is -0.181. The zero-order valence-electron chi connectivity index (χ0n) is 10.3. The van der Waals surface area contributed by atoms with Crippen LogP contribution in [0.1, 0.15) is 37.7 Å². The Morgan fingerprint density at radius 3 is 2.28 bits per heavy atom. The highest BCUT2D eigenvalue weighted by atomic mass is 19.1. The first-order valence-corrected chi connectivity index (χ1v) is 7.00. The van der Waals surface area contributed by atoms with Gasteiger partial charge < -0.3 is 5.11 Å². The molecule has 96 valence electrons. The Balaban J connectivity index is 1.81. The Kier molecular flexibility index (Phi) is 2.14. The predicted molar refractivity (Wildman–Crippen MR) is 65.1 cm³/mol. The molecule has 5 rings (SSSR count). The monoisotopic (exact) mass is 247 g/mol. The Labute approximate surface area is 106 Å². The summed E-state index contributed by atoms with van der Waals surface area (Å²) < 4.78 is 14.0. The third kappa shape index (κ3) is 1.28. The average Bonchev–Trinajstić information content (AvgIpc) is 2.35. The molecule has 1 aromatic heterocycles. The van der Waals surface area contributed by atoms with Crippen LogP contribution in [-0.2, 0) is 5.60 Å². The van der Waals surface area contributed by atoms with Crippen molar-refractivity contribution in [1.82, 2.24) is 4.98 Å². The van der Waals surface area contributed by atoms with Gasteiger partial charge in [-0.3, -0.25) is 4.98 Å². The van der Waals surface area contributed by atoms with Crippen LogP contribution in [0, 0.1) is 29.5 Å². The number of rotatable bonds is 1. The van der Waals surface area contributed by atoms with Crippen LogP contribution < -0.4 is 0 Å². The van der Waals surface area contributed by atoms with Crippen molar-refractivity contribution in [1.29, 1.82) is 0 Å². The summed E-state index contributed by atoms with van der Waals surface area (Å²) in [5.74, 6) is 1.72. The SMILES string of the molecule is OC1(c2ccncc2F)C2CC3CC(C2)CC1C3. The molecule has 4 fully saturated rings. The lowest BCUT2D eigenvalue weighted by atomic mass is 9.48. The van der Waals surface area contributed by atoms with Crippen molar-refractivity contribution in [2.24, 2.45) is 23.7 Å². The number of nitrogens with zero attached hydrogens (tertiary/aromatic N) is 1. The molecule has 0 saturated heterocycles. The Morgan fingerprint density at radius 2 is 1.72 bits per heavy atom. The van der Waals surface area contributed by atoms with Crippen molar-refractivity contribution >= 4 is 0 Å². The van der Waals surface area contributed by atoms with Crippen LogP contribution in [0.4, 0.5) is 4.39 Å². The van der Waals surface area contributed by atoms with E-state index in [2.05, 4.69) is 4.98 Å². The predicted octanol–water partition coefficient (Wildman–Crippen LogP) is 2.86. The van der Waals surface area contributed by atoms with Gasteiger partial charge in [0.25, 0.3) is 0 Å². The quantitative estimate of drug-likeness (QED) is 0.827. The highest BCUT2D eigenvalue weighted by Gasteiger charge is 2.57. The van der Waals surface area contributed by atoms with Gasteiger partial charge in [0.2, 0.25) is 0 Å². The lowest BCUT2D eigenvalue weighted by Crippen LogP contribution is -2.55. The Hall–Kier alpha value is -0.960. The topological polar surface area (TPSA) is 33.1 Å². The van der Waals surface area contributed by atoms with Gasteiger partial charge in [-0.25, -0.2) is 4.39 Å². The molecule has 0 aromatic carbocycles. The summed E-state index contributed by atoms with van der Waals surface area (Å²) in [6, 6.07) is 1.68. The van der Waals surface area contributed by atoms with Crippen molar-refractivity contribution in [3.63, 3.8) is 0 Å². The molecule has 4 aliphatic carbocycles. The molecule has 0 spiro atoms. The molecule has 3 heteroatoms. The average molecular weight is 247 g/mol. The number of hydrogen-bond donors (Lipinski definition) is 1. The van der Waals surface area contributed by atoms with E-state index in [1.54, 1.807) is 12.3 Å². The zero-order chi connectivity index (χ0) is 12.3. The van der Waals surface area contributed by atoms with Gasteiger partial charge in [0.1, 0.15) is 5.82 Å². The van der Waals surface area contributed by atoms with E-state index in [-0.39, 0.29) is 17.7 Å². The van der Waals surface area contributed by atoms with Gasteiger partial charge in [0, 0.05) is 11.8 Å². The van der Waals surface area contributed by atoms with Crippen molar-refractivity contribution in [3.8, 4) is 0 Å². The van der Waals surface area contributed by atoms with Crippen LogP contribution in [-0.4, -0.2) is 10.1 Å². The van der Waals surface area contributed by atoms with Crippen LogP contribution in [0.15, 0.2) is 18.5 Å². The minimum atomic E-state index is -0.930. The van der Waals surface area contributed by atoms with Crippen LogP contribution in [0.5, 0.6) is 0 Å². The van der Waals surface area contributed by atoms with E-state index < -0.39 is 5.60 Å². The van der Waals surface area contributed by atoms with Crippen LogP contribution >= 0.6 is 0 Å². The summed E-state index contributed by atoms with van der Waals surface area (Å²) in [5.41, 5.74) is -0.438. The van der Waals surface area contributed by atoms with Gasteiger partial charge in [-0.2, -0.15) is 0 Å². The molecular formula is C15H18FNO. The fraction of sp³-hybridized carbons (Fsp3) is 0.667. The van der Waals surface area contributed by atoms with Crippen molar-refractivity contribution in [2.75, 3.05) is 0 Å². The third-order valence-electron chi connectivity index (χ3n) is 5.59. The maximum absolute atomic E-state index is 14.0. The van der Waals surface area contributed by atoms with E-state index in [0.717, 1.165) is 37.5 Å². The molecule has 0 aliphatic heterocycles. The second-order valence-electron chi connectivity index (χ2n) is 6.49. The number of aliphatic hydroxyl groups is 1. The fourth-order valence-corrected chi connectivity index (χ4v) is 5.04. The molecule has 18 heavy (non-hydrogen) atoms. The maximum atomic E-state index is 14.0. The Bertz CT molecular complexity index is 459. The molecule has 4 saturated carbocycles. The molecule has 0 radical (unpaired) electrons.